The predicted molar refractivity (Wildman–Crippen MR) is 54.7 cm³/mol. The van der Waals surface area contributed by atoms with Crippen LogP contribution in [0.1, 0.15) is 28.7 Å². The lowest BCUT2D eigenvalue weighted by Crippen LogP contribution is -2.09. The summed E-state index contributed by atoms with van der Waals surface area (Å²) in [6.07, 6.45) is 0.371. The Hall–Kier alpha value is -1.36. The third kappa shape index (κ3) is 2.36. The van der Waals surface area contributed by atoms with E-state index in [9.17, 15) is 4.79 Å². The molecule has 0 unspecified atom stereocenters. The van der Waals surface area contributed by atoms with E-state index in [-0.39, 0.29) is 12.6 Å². The van der Waals surface area contributed by atoms with Gasteiger partial charge in [-0.15, -0.1) is 0 Å². The van der Waals surface area contributed by atoms with Crippen molar-refractivity contribution in [2.75, 3.05) is 13.2 Å². The summed E-state index contributed by atoms with van der Waals surface area (Å²) in [7, 11) is 1.76. The van der Waals surface area contributed by atoms with Crippen LogP contribution in [0.4, 0.5) is 0 Å². The molecule has 0 fully saturated rings. The van der Waals surface area contributed by atoms with Crippen molar-refractivity contribution in [1.29, 1.82) is 0 Å². The highest BCUT2D eigenvalue weighted by Crippen LogP contribution is 2.14. The number of carbonyl (C=O) groups excluding carboxylic acids is 1. The normalized spacial score (nSPS) is 10.4. The summed E-state index contributed by atoms with van der Waals surface area (Å²) in [6, 6.07) is 0. The molecule has 0 radical (unpaired) electrons. The molecule has 1 heterocycles. The SMILES string of the molecule is CCOC(=O)c1c(CCO)nn(C)c1C. The van der Waals surface area contributed by atoms with Crippen molar-refractivity contribution in [3.8, 4) is 0 Å². The topological polar surface area (TPSA) is 64.3 Å². The fraction of sp³-hybridized carbons (Fsp3) is 0.600. The first-order chi connectivity index (χ1) is 7.11. The van der Waals surface area contributed by atoms with Crippen LogP contribution < -0.4 is 0 Å². The van der Waals surface area contributed by atoms with Crippen molar-refractivity contribution >= 4 is 5.97 Å². The number of esters is 1. The van der Waals surface area contributed by atoms with Crippen molar-refractivity contribution in [2.45, 2.75) is 20.3 Å². The molecule has 5 heteroatoms. The Kier molecular flexibility index (Phi) is 3.85. The Morgan fingerprint density at radius 2 is 2.27 bits per heavy atom. The average Bonchev–Trinajstić information content (AvgIpc) is 2.44. The van der Waals surface area contributed by atoms with Gasteiger partial charge in [0, 0.05) is 25.8 Å². The van der Waals surface area contributed by atoms with Gasteiger partial charge in [0.2, 0.25) is 0 Å². The summed E-state index contributed by atoms with van der Waals surface area (Å²) in [4.78, 5) is 11.6. The van der Waals surface area contributed by atoms with Gasteiger partial charge in [0.15, 0.2) is 0 Å². The zero-order valence-corrected chi connectivity index (χ0v) is 9.28. The van der Waals surface area contributed by atoms with E-state index in [1.54, 1.807) is 25.6 Å². The number of hydrogen-bond donors (Lipinski definition) is 1. The lowest BCUT2D eigenvalue weighted by atomic mass is 10.1. The van der Waals surface area contributed by atoms with Gasteiger partial charge in [-0.1, -0.05) is 0 Å². The molecule has 0 saturated carbocycles. The third-order valence-electron chi connectivity index (χ3n) is 2.23. The van der Waals surface area contributed by atoms with Crippen molar-refractivity contribution < 1.29 is 14.6 Å². The molecule has 1 aromatic rings. The van der Waals surface area contributed by atoms with Crippen LogP contribution in [0.25, 0.3) is 0 Å². The molecular weight excluding hydrogens is 196 g/mol. The first kappa shape index (κ1) is 11.7. The van der Waals surface area contributed by atoms with E-state index in [1.807, 2.05) is 0 Å². The minimum absolute atomic E-state index is 0.0249. The Balaban J connectivity index is 3.07. The molecule has 15 heavy (non-hydrogen) atoms. The van der Waals surface area contributed by atoms with Crippen molar-refractivity contribution in [1.82, 2.24) is 9.78 Å². The molecule has 0 aliphatic carbocycles. The van der Waals surface area contributed by atoms with Crippen LogP contribution in [-0.2, 0) is 18.2 Å². The first-order valence-electron chi connectivity index (χ1n) is 4.92. The van der Waals surface area contributed by atoms with Gasteiger partial charge in [0.05, 0.1) is 12.3 Å². The summed E-state index contributed by atoms with van der Waals surface area (Å²) >= 11 is 0. The van der Waals surface area contributed by atoms with Gasteiger partial charge in [0.1, 0.15) is 5.56 Å². The summed E-state index contributed by atoms with van der Waals surface area (Å²) < 4.78 is 6.56. The summed E-state index contributed by atoms with van der Waals surface area (Å²) in [6.45, 7) is 3.88. The van der Waals surface area contributed by atoms with Crippen LogP contribution in [0.3, 0.4) is 0 Å². The number of rotatable bonds is 4. The fourth-order valence-electron chi connectivity index (χ4n) is 1.43. The molecule has 0 saturated heterocycles. The van der Waals surface area contributed by atoms with E-state index in [0.29, 0.717) is 24.3 Å². The zero-order chi connectivity index (χ0) is 11.4. The van der Waals surface area contributed by atoms with Crippen molar-refractivity contribution in [2.24, 2.45) is 7.05 Å². The Morgan fingerprint density at radius 3 is 2.80 bits per heavy atom. The summed E-state index contributed by atoms with van der Waals surface area (Å²) in [5.41, 5.74) is 1.83. The van der Waals surface area contributed by atoms with Crippen LogP contribution in [-0.4, -0.2) is 34.1 Å². The number of aryl methyl sites for hydroxylation is 1. The Morgan fingerprint density at radius 1 is 1.60 bits per heavy atom. The Bertz CT molecular complexity index is 358. The molecule has 0 atom stereocenters. The van der Waals surface area contributed by atoms with Gasteiger partial charge in [-0.25, -0.2) is 4.79 Å². The fourth-order valence-corrected chi connectivity index (χ4v) is 1.43. The van der Waals surface area contributed by atoms with Crippen LogP contribution in [0.2, 0.25) is 0 Å². The molecule has 84 valence electrons. The minimum Gasteiger partial charge on any atom is -0.462 e. The predicted octanol–water partition coefficient (Wildman–Crippen LogP) is 0.440. The molecule has 1 rings (SSSR count). The molecular formula is C10H16N2O3. The molecule has 1 aromatic heterocycles. The summed E-state index contributed by atoms with van der Waals surface area (Å²) in [5.74, 6) is -0.369. The maximum atomic E-state index is 11.6. The van der Waals surface area contributed by atoms with Gasteiger partial charge in [-0.05, 0) is 13.8 Å². The molecule has 0 aliphatic heterocycles. The number of aliphatic hydroxyl groups excluding tert-OH is 1. The highest BCUT2D eigenvalue weighted by Gasteiger charge is 2.20. The van der Waals surface area contributed by atoms with Gasteiger partial charge in [-0.3, -0.25) is 4.68 Å². The summed E-state index contributed by atoms with van der Waals surface area (Å²) in [5, 5.41) is 13.0. The second kappa shape index (κ2) is 4.93. The molecule has 0 spiro atoms. The van der Waals surface area contributed by atoms with Crippen LogP contribution >= 0.6 is 0 Å². The standard InChI is InChI=1S/C10H16N2O3/c1-4-15-10(14)9-7(2)12(3)11-8(9)5-6-13/h13H,4-6H2,1-3H3. The lowest BCUT2D eigenvalue weighted by molar-refractivity contribution is 0.0524. The third-order valence-corrected chi connectivity index (χ3v) is 2.23. The minimum atomic E-state index is -0.369. The highest BCUT2D eigenvalue weighted by molar-refractivity contribution is 5.91. The van der Waals surface area contributed by atoms with Gasteiger partial charge >= 0.3 is 5.97 Å². The van der Waals surface area contributed by atoms with E-state index in [1.165, 1.54) is 0 Å². The van der Waals surface area contributed by atoms with Crippen LogP contribution in [0.5, 0.6) is 0 Å². The number of ether oxygens (including phenoxy) is 1. The first-order valence-corrected chi connectivity index (χ1v) is 4.92. The largest absolute Gasteiger partial charge is 0.462 e. The second-order valence-corrected chi connectivity index (χ2v) is 3.22. The van der Waals surface area contributed by atoms with Gasteiger partial charge in [-0.2, -0.15) is 5.10 Å². The maximum Gasteiger partial charge on any atom is 0.341 e. The number of hydrogen-bond acceptors (Lipinski definition) is 4. The van der Waals surface area contributed by atoms with E-state index in [0.717, 1.165) is 5.69 Å². The van der Waals surface area contributed by atoms with Gasteiger partial charge < -0.3 is 9.84 Å². The Labute approximate surface area is 88.7 Å². The van der Waals surface area contributed by atoms with Crippen LogP contribution in [0, 0.1) is 6.92 Å². The molecule has 0 aliphatic rings. The van der Waals surface area contributed by atoms with Crippen LogP contribution in [0.15, 0.2) is 0 Å². The number of nitrogens with zero attached hydrogens (tertiary/aromatic N) is 2. The monoisotopic (exact) mass is 212 g/mol. The quantitative estimate of drug-likeness (QED) is 0.735. The second-order valence-electron chi connectivity index (χ2n) is 3.22. The molecule has 0 amide bonds. The number of aromatic nitrogens is 2. The zero-order valence-electron chi connectivity index (χ0n) is 9.28. The van der Waals surface area contributed by atoms with E-state index >= 15 is 0 Å². The molecule has 0 aromatic carbocycles. The van der Waals surface area contributed by atoms with E-state index < -0.39 is 0 Å². The number of aliphatic hydroxyl groups is 1. The average molecular weight is 212 g/mol. The van der Waals surface area contributed by atoms with Gasteiger partial charge in [0.25, 0.3) is 0 Å². The van der Waals surface area contributed by atoms with Crippen molar-refractivity contribution in [3.63, 3.8) is 0 Å². The molecule has 5 nitrogen and oxygen atoms in total. The van der Waals surface area contributed by atoms with E-state index in [4.69, 9.17) is 9.84 Å². The highest BCUT2D eigenvalue weighted by atomic mass is 16.5. The molecule has 0 bridgehead atoms. The molecule has 1 N–H and O–H groups in total. The van der Waals surface area contributed by atoms with Crippen molar-refractivity contribution in [3.05, 3.63) is 17.0 Å². The smallest absolute Gasteiger partial charge is 0.341 e. The maximum absolute atomic E-state index is 11.6. The van der Waals surface area contributed by atoms with E-state index in [2.05, 4.69) is 5.10 Å². The lowest BCUT2D eigenvalue weighted by Gasteiger charge is -2.02. The number of carbonyl (C=O) groups is 1.